The molecule has 1 aliphatic heterocycles. The van der Waals surface area contributed by atoms with E-state index in [1.807, 2.05) is 4.98 Å². The quantitative estimate of drug-likeness (QED) is 0.600. The van der Waals surface area contributed by atoms with Crippen LogP contribution in [0.3, 0.4) is 0 Å². The molecule has 1 saturated heterocycles. The highest BCUT2D eigenvalue weighted by Crippen LogP contribution is 2.38. The fraction of sp³-hybridized carbons (Fsp3) is 0.600. The van der Waals surface area contributed by atoms with Crippen LogP contribution in [0.25, 0.3) is 0 Å². The molecule has 0 amide bonds. The van der Waals surface area contributed by atoms with E-state index in [2.05, 4.69) is 4.52 Å². The first-order valence-electron chi connectivity index (χ1n) is 6.00. The average Bonchev–Trinajstić information content (AvgIpc) is 2.67. The van der Waals surface area contributed by atoms with Gasteiger partial charge in [-0.25, -0.2) is 9.18 Å². The van der Waals surface area contributed by atoms with Gasteiger partial charge in [0.05, 0.1) is 6.10 Å². The number of aromatic nitrogens is 2. The van der Waals surface area contributed by atoms with Gasteiger partial charge in [0.15, 0.2) is 12.4 Å². The fourth-order valence-corrected chi connectivity index (χ4v) is 2.64. The number of hydrogen-bond donors (Lipinski definition) is 3. The molecule has 1 aliphatic rings. The molecule has 1 aromatic rings. The summed E-state index contributed by atoms with van der Waals surface area (Å²) >= 11 is 0. The lowest BCUT2D eigenvalue weighted by molar-refractivity contribution is -0.0756. The van der Waals surface area contributed by atoms with Crippen molar-refractivity contribution in [1.82, 2.24) is 9.55 Å². The van der Waals surface area contributed by atoms with Gasteiger partial charge in [-0.15, -0.1) is 0 Å². The standard InChI is InChI=1S/C10H14FN2O7P/c1-4(14)7-8(20-21(17)18)6(11)9(19-7)13-3-2-5(15)12-10(13)16/h2-4,6-9,14,21H,1H3,(H,17,18)(H,12,15,16)/t4-,6-,7+,8?,9+/m0/s1. The minimum absolute atomic E-state index is 0.662. The fourth-order valence-electron chi connectivity index (χ4n) is 2.14. The molecule has 6 atom stereocenters. The maximum atomic E-state index is 14.3. The lowest BCUT2D eigenvalue weighted by atomic mass is 10.1. The van der Waals surface area contributed by atoms with E-state index in [1.54, 1.807) is 0 Å². The number of alkyl halides is 1. The Bertz CT molecular complexity index is 645. The molecule has 3 N–H and O–H groups in total. The number of hydrogen-bond acceptors (Lipinski definition) is 6. The van der Waals surface area contributed by atoms with Gasteiger partial charge in [0, 0.05) is 12.3 Å². The first-order chi connectivity index (χ1) is 9.81. The summed E-state index contributed by atoms with van der Waals surface area (Å²) in [6.07, 6.45) is -6.37. The normalized spacial score (nSPS) is 32.0. The van der Waals surface area contributed by atoms with Crippen molar-refractivity contribution in [1.29, 1.82) is 0 Å². The van der Waals surface area contributed by atoms with Crippen molar-refractivity contribution < 1.29 is 28.2 Å². The van der Waals surface area contributed by atoms with Crippen LogP contribution in [0.1, 0.15) is 13.2 Å². The van der Waals surface area contributed by atoms with Gasteiger partial charge in [-0.05, 0) is 6.92 Å². The summed E-state index contributed by atoms with van der Waals surface area (Å²) in [5, 5.41) is 9.54. The highest BCUT2D eigenvalue weighted by Gasteiger charge is 2.49. The molecule has 2 rings (SSSR count). The number of halogens is 1. The van der Waals surface area contributed by atoms with Gasteiger partial charge in [-0.3, -0.25) is 18.9 Å². The second kappa shape index (κ2) is 6.20. The first kappa shape index (κ1) is 16.1. The predicted octanol–water partition coefficient (Wildman–Crippen LogP) is -1.08. The van der Waals surface area contributed by atoms with Crippen LogP contribution < -0.4 is 11.2 Å². The third kappa shape index (κ3) is 3.30. The van der Waals surface area contributed by atoms with Gasteiger partial charge in [0.1, 0.15) is 12.2 Å². The van der Waals surface area contributed by atoms with E-state index in [1.165, 1.54) is 6.92 Å². The van der Waals surface area contributed by atoms with Crippen LogP contribution in [-0.2, 0) is 13.8 Å². The van der Waals surface area contributed by atoms with Crippen LogP contribution in [0.4, 0.5) is 4.39 Å². The van der Waals surface area contributed by atoms with Crippen molar-refractivity contribution in [3.8, 4) is 0 Å². The first-order valence-corrected chi connectivity index (χ1v) is 7.26. The maximum absolute atomic E-state index is 14.3. The van der Waals surface area contributed by atoms with Gasteiger partial charge in [0.25, 0.3) is 5.56 Å². The van der Waals surface area contributed by atoms with Crippen LogP contribution in [0.15, 0.2) is 21.9 Å². The molecule has 0 bridgehead atoms. The van der Waals surface area contributed by atoms with Crippen molar-refractivity contribution in [3.63, 3.8) is 0 Å². The van der Waals surface area contributed by atoms with Crippen LogP contribution in [-0.4, -0.2) is 44.0 Å². The summed E-state index contributed by atoms with van der Waals surface area (Å²) in [5.74, 6) is 0. The molecule has 0 radical (unpaired) electrons. The number of nitrogens with one attached hydrogen (secondary N) is 1. The zero-order valence-electron chi connectivity index (χ0n) is 10.8. The minimum Gasteiger partial charge on any atom is -0.391 e. The molecule has 0 saturated carbocycles. The molecule has 1 aromatic heterocycles. The molecule has 0 aliphatic carbocycles. The van der Waals surface area contributed by atoms with E-state index in [0.29, 0.717) is 0 Å². The van der Waals surface area contributed by atoms with E-state index in [4.69, 9.17) is 9.63 Å². The van der Waals surface area contributed by atoms with Crippen LogP contribution >= 0.6 is 8.25 Å². The number of aliphatic hydroxyl groups excluding tert-OH is 1. The number of aliphatic hydroxyl groups is 1. The molecule has 0 spiro atoms. The number of ether oxygens (including phenoxy) is 1. The molecular weight excluding hydrogens is 310 g/mol. The summed E-state index contributed by atoms with van der Waals surface area (Å²) in [6, 6.07) is 0.998. The molecule has 0 aromatic carbocycles. The number of nitrogens with zero attached hydrogens (tertiary/aromatic N) is 1. The summed E-state index contributed by atoms with van der Waals surface area (Å²) in [5.41, 5.74) is -1.57. The number of aromatic amines is 1. The number of H-pyrrole nitrogens is 1. The topological polar surface area (TPSA) is 131 Å². The Morgan fingerprint density at radius 2 is 2.24 bits per heavy atom. The SMILES string of the molecule is C[C@H](O)[C@H]1O[C@@H](n2ccc(=O)[nH]c2=O)[C@@H](F)C1O[PH](=O)O. The number of rotatable bonds is 4. The van der Waals surface area contributed by atoms with E-state index < -0.39 is 50.2 Å². The van der Waals surface area contributed by atoms with Crippen molar-refractivity contribution >= 4 is 8.25 Å². The molecular formula is C10H14FN2O7P. The Morgan fingerprint density at radius 3 is 2.76 bits per heavy atom. The van der Waals surface area contributed by atoms with Gasteiger partial charge in [0.2, 0.25) is 0 Å². The van der Waals surface area contributed by atoms with E-state index in [0.717, 1.165) is 16.8 Å². The van der Waals surface area contributed by atoms with Crippen LogP contribution in [0, 0.1) is 0 Å². The van der Waals surface area contributed by atoms with Gasteiger partial charge < -0.3 is 19.3 Å². The lowest BCUT2D eigenvalue weighted by Gasteiger charge is -2.19. The Kier molecular flexibility index (Phi) is 4.74. The molecule has 21 heavy (non-hydrogen) atoms. The lowest BCUT2D eigenvalue weighted by Crippen LogP contribution is -2.37. The van der Waals surface area contributed by atoms with E-state index in [-0.39, 0.29) is 0 Å². The Balaban J connectivity index is 2.35. The maximum Gasteiger partial charge on any atom is 0.330 e. The summed E-state index contributed by atoms with van der Waals surface area (Å²) in [4.78, 5) is 33.3. The van der Waals surface area contributed by atoms with Gasteiger partial charge in [-0.1, -0.05) is 0 Å². The molecule has 2 heterocycles. The van der Waals surface area contributed by atoms with Crippen molar-refractivity contribution in [2.24, 2.45) is 0 Å². The molecule has 2 unspecified atom stereocenters. The van der Waals surface area contributed by atoms with E-state index in [9.17, 15) is 23.7 Å². The van der Waals surface area contributed by atoms with E-state index >= 15 is 0 Å². The molecule has 9 nitrogen and oxygen atoms in total. The monoisotopic (exact) mass is 324 g/mol. The van der Waals surface area contributed by atoms with Crippen LogP contribution in [0.5, 0.6) is 0 Å². The third-order valence-corrected chi connectivity index (χ3v) is 3.52. The van der Waals surface area contributed by atoms with Crippen molar-refractivity contribution in [2.75, 3.05) is 0 Å². The predicted molar refractivity (Wildman–Crippen MR) is 67.9 cm³/mol. The highest BCUT2D eigenvalue weighted by atomic mass is 31.1. The second-order valence-electron chi connectivity index (χ2n) is 4.54. The average molecular weight is 324 g/mol. The van der Waals surface area contributed by atoms with Crippen LogP contribution in [0.2, 0.25) is 0 Å². The minimum atomic E-state index is -3.46. The summed E-state index contributed by atoms with van der Waals surface area (Å²) in [7, 11) is -3.46. The zero-order chi connectivity index (χ0) is 15.7. The Hall–Kier alpha value is -1.32. The molecule has 118 valence electrons. The second-order valence-corrected chi connectivity index (χ2v) is 5.31. The Morgan fingerprint density at radius 1 is 1.57 bits per heavy atom. The Labute approximate surface area is 117 Å². The van der Waals surface area contributed by atoms with Gasteiger partial charge >= 0.3 is 13.9 Å². The molecule has 1 fully saturated rings. The molecule has 11 heteroatoms. The van der Waals surface area contributed by atoms with Gasteiger partial charge in [-0.2, -0.15) is 0 Å². The summed E-state index contributed by atoms with van der Waals surface area (Å²) in [6.45, 7) is 1.29. The zero-order valence-corrected chi connectivity index (χ0v) is 11.8. The third-order valence-electron chi connectivity index (χ3n) is 3.04. The smallest absolute Gasteiger partial charge is 0.330 e. The highest BCUT2D eigenvalue weighted by molar-refractivity contribution is 7.32. The van der Waals surface area contributed by atoms with Crippen molar-refractivity contribution in [2.45, 2.75) is 37.6 Å². The van der Waals surface area contributed by atoms with Crippen molar-refractivity contribution in [3.05, 3.63) is 33.1 Å². The largest absolute Gasteiger partial charge is 0.391 e. The summed E-state index contributed by atoms with van der Waals surface area (Å²) < 4.78 is 35.7.